The van der Waals surface area contributed by atoms with E-state index in [2.05, 4.69) is 55.3 Å². The molecule has 0 bridgehead atoms. The molecule has 1 atom stereocenters. The van der Waals surface area contributed by atoms with Crippen molar-refractivity contribution in [3.8, 4) is 0 Å². The molecule has 1 aromatic rings. The summed E-state index contributed by atoms with van der Waals surface area (Å²) < 4.78 is 0. The van der Waals surface area contributed by atoms with Gasteiger partial charge < -0.3 is 10.4 Å². The van der Waals surface area contributed by atoms with Crippen molar-refractivity contribution >= 4 is 0 Å². The quantitative estimate of drug-likeness (QED) is 0.889. The maximum absolute atomic E-state index is 9.79. The molecule has 0 saturated carbocycles. The van der Waals surface area contributed by atoms with Crippen molar-refractivity contribution in [2.45, 2.75) is 38.6 Å². The van der Waals surface area contributed by atoms with Gasteiger partial charge in [-0.05, 0) is 29.5 Å². The van der Waals surface area contributed by atoms with Gasteiger partial charge in [0.1, 0.15) is 0 Å². The number of nitrogens with zero attached hydrogens (tertiary/aromatic N) is 1. The van der Waals surface area contributed by atoms with Crippen LogP contribution in [0.5, 0.6) is 0 Å². The SMILES string of the molecule is CC(C)(C)c1ccc(C(CO)N2CCCNCC2)cc1. The van der Waals surface area contributed by atoms with E-state index in [0.29, 0.717) is 0 Å². The van der Waals surface area contributed by atoms with Gasteiger partial charge in [-0.3, -0.25) is 4.90 Å². The molecule has 1 aromatic carbocycles. The van der Waals surface area contributed by atoms with Crippen LogP contribution in [-0.4, -0.2) is 42.8 Å². The third-order valence-electron chi connectivity index (χ3n) is 4.15. The van der Waals surface area contributed by atoms with Crippen LogP contribution in [0.25, 0.3) is 0 Å². The minimum Gasteiger partial charge on any atom is -0.394 e. The number of rotatable bonds is 3. The van der Waals surface area contributed by atoms with E-state index in [1.54, 1.807) is 0 Å². The zero-order chi connectivity index (χ0) is 14.6. The predicted octanol–water partition coefficient (Wildman–Crippen LogP) is 2.31. The van der Waals surface area contributed by atoms with Gasteiger partial charge in [0, 0.05) is 19.6 Å². The fraction of sp³-hybridized carbons (Fsp3) is 0.647. The molecule has 0 amide bonds. The highest BCUT2D eigenvalue weighted by molar-refractivity contribution is 5.29. The molecule has 1 unspecified atom stereocenters. The summed E-state index contributed by atoms with van der Waals surface area (Å²) in [6.07, 6.45) is 1.15. The molecule has 0 aliphatic carbocycles. The van der Waals surface area contributed by atoms with Crippen LogP contribution in [-0.2, 0) is 5.41 Å². The minimum absolute atomic E-state index is 0.129. The lowest BCUT2D eigenvalue weighted by atomic mass is 9.86. The van der Waals surface area contributed by atoms with Crippen LogP contribution in [0, 0.1) is 0 Å². The molecule has 112 valence electrons. The summed E-state index contributed by atoms with van der Waals surface area (Å²) in [6, 6.07) is 8.89. The second kappa shape index (κ2) is 6.70. The van der Waals surface area contributed by atoms with E-state index < -0.39 is 0 Å². The largest absolute Gasteiger partial charge is 0.394 e. The Hall–Kier alpha value is -0.900. The topological polar surface area (TPSA) is 35.5 Å². The van der Waals surface area contributed by atoms with Crippen LogP contribution in [0.15, 0.2) is 24.3 Å². The Morgan fingerprint density at radius 2 is 1.85 bits per heavy atom. The van der Waals surface area contributed by atoms with E-state index in [1.165, 1.54) is 11.1 Å². The lowest BCUT2D eigenvalue weighted by molar-refractivity contribution is 0.130. The summed E-state index contributed by atoms with van der Waals surface area (Å²) >= 11 is 0. The van der Waals surface area contributed by atoms with Crippen molar-refractivity contribution in [1.29, 1.82) is 0 Å². The predicted molar refractivity (Wildman–Crippen MR) is 84.0 cm³/mol. The maximum atomic E-state index is 9.79. The lowest BCUT2D eigenvalue weighted by Crippen LogP contribution is -2.34. The first-order chi connectivity index (χ1) is 9.52. The Morgan fingerprint density at radius 3 is 2.45 bits per heavy atom. The molecule has 2 N–H and O–H groups in total. The van der Waals surface area contributed by atoms with Crippen molar-refractivity contribution in [2.24, 2.45) is 0 Å². The molecule has 1 fully saturated rings. The molecule has 1 aliphatic heterocycles. The van der Waals surface area contributed by atoms with Crippen molar-refractivity contribution < 1.29 is 5.11 Å². The van der Waals surface area contributed by atoms with Crippen LogP contribution < -0.4 is 5.32 Å². The average molecular weight is 276 g/mol. The molecule has 1 heterocycles. The maximum Gasteiger partial charge on any atom is 0.0628 e. The molecule has 0 spiro atoms. The Labute approximate surface area is 123 Å². The number of hydrogen-bond acceptors (Lipinski definition) is 3. The first kappa shape index (κ1) is 15.5. The molecule has 1 aliphatic rings. The van der Waals surface area contributed by atoms with E-state index in [1.807, 2.05) is 0 Å². The zero-order valence-electron chi connectivity index (χ0n) is 13.0. The van der Waals surface area contributed by atoms with Gasteiger partial charge >= 0.3 is 0 Å². The van der Waals surface area contributed by atoms with Crippen LogP contribution in [0.3, 0.4) is 0 Å². The standard InChI is InChI=1S/C17H28N2O/c1-17(2,3)15-7-5-14(6-8-15)16(13-20)19-11-4-9-18-10-12-19/h5-8,16,18,20H,4,9-13H2,1-3H3. The monoisotopic (exact) mass is 276 g/mol. The summed E-state index contributed by atoms with van der Waals surface area (Å²) in [5.74, 6) is 0. The molecule has 0 aromatic heterocycles. The summed E-state index contributed by atoms with van der Waals surface area (Å²) in [6.45, 7) is 11.0. The van der Waals surface area contributed by atoms with E-state index in [4.69, 9.17) is 0 Å². The van der Waals surface area contributed by atoms with Gasteiger partial charge in [0.25, 0.3) is 0 Å². The van der Waals surface area contributed by atoms with Gasteiger partial charge in [-0.2, -0.15) is 0 Å². The molecule has 1 saturated heterocycles. The first-order valence-corrected chi connectivity index (χ1v) is 7.68. The van der Waals surface area contributed by atoms with Crippen LogP contribution in [0.4, 0.5) is 0 Å². The van der Waals surface area contributed by atoms with Crippen LogP contribution in [0.1, 0.15) is 44.4 Å². The average Bonchev–Trinajstić information content (AvgIpc) is 2.68. The van der Waals surface area contributed by atoms with Crippen LogP contribution >= 0.6 is 0 Å². The highest BCUT2D eigenvalue weighted by Gasteiger charge is 2.21. The Balaban J connectivity index is 2.14. The van der Waals surface area contributed by atoms with Gasteiger partial charge in [0.2, 0.25) is 0 Å². The van der Waals surface area contributed by atoms with E-state index in [-0.39, 0.29) is 18.1 Å². The first-order valence-electron chi connectivity index (χ1n) is 7.68. The fourth-order valence-electron chi connectivity index (χ4n) is 2.82. The third kappa shape index (κ3) is 3.81. The van der Waals surface area contributed by atoms with Gasteiger partial charge in [0.05, 0.1) is 12.6 Å². The summed E-state index contributed by atoms with van der Waals surface area (Å²) in [7, 11) is 0. The van der Waals surface area contributed by atoms with Crippen molar-refractivity contribution in [3.63, 3.8) is 0 Å². The summed E-state index contributed by atoms with van der Waals surface area (Å²) in [5.41, 5.74) is 2.75. The van der Waals surface area contributed by atoms with Crippen molar-refractivity contribution in [3.05, 3.63) is 35.4 Å². The second-order valence-corrected chi connectivity index (χ2v) is 6.71. The Morgan fingerprint density at radius 1 is 1.15 bits per heavy atom. The molecule has 0 radical (unpaired) electrons. The van der Waals surface area contributed by atoms with E-state index >= 15 is 0 Å². The molecule has 20 heavy (non-hydrogen) atoms. The van der Waals surface area contributed by atoms with Gasteiger partial charge in [0.15, 0.2) is 0 Å². The third-order valence-corrected chi connectivity index (χ3v) is 4.15. The van der Waals surface area contributed by atoms with E-state index in [0.717, 1.165) is 32.6 Å². The van der Waals surface area contributed by atoms with Crippen molar-refractivity contribution in [1.82, 2.24) is 10.2 Å². The number of nitrogens with one attached hydrogen (secondary N) is 1. The van der Waals surface area contributed by atoms with Gasteiger partial charge in [-0.15, -0.1) is 0 Å². The highest BCUT2D eigenvalue weighted by atomic mass is 16.3. The minimum atomic E-state index is 0.129. The molecule has 3 heteroatoms. The molecular weight excluding hydrogens is 248 g/mol. The summed E-state index contributed by atoms with van der Waals surface area (Å²) in [4.78, 5) is 2.39. The number of benzene rings is 1. The number of aliphatic hydroxyl groups is 1. The Bertz CT molecular complexity index is 400. The lowest BCUT2D eigenvalue weighted by Gasteiger charge is -2.30. The molecular formula is C17H28N2O. The molecule has 3 nitrogen and oxygen atoms in total. The smallest absolute Gasteiger partial charge is 0.0628 e. The van der Waals surface area contributed by atoms with Gasteiger partial charge in [-0.25, -0.2) is 0 Å². The number of hydrogen-bond donors (Lipinski definition) is 2. The van der Waals surface area contributed by atoms with Crippen LogP contribution in [0.2, 0.25) is 0 Å². The molecule has 2 rings (SSSR count). The Kier molecular flexibility index (Phi) is 5.19. The number of aliphatic hydroxyl groups excluding tert-OH is 1. The second-order valence-electron chi connectivity index (χ2n) is 6.71. The highest BCUT2D eigenvalue weighted by Crippen LogP contribution is 2.26. The summed E-state index contributed by atoms with van der Waals surface area (Å²) in [5, 5.41) is 13.2. The van der Waals surface area contributed by atoms with Gasteiger partial charge in [-0.1, -0.05) is 45.0 Å². The van der Waals surface area contributed by atoms with Crippen molar-refractivity contribution in [2.75, 3.05) is 32.8 Å². The normalized spacial score (nSPS) is 19.6. The van der Waals surface area contributed by atoms with E-state index in [9.17, 15) is 5.11 Å². The fourth-order valence-corrected chi connectivity index (χ4v) is 2.82. The zero-order valence-corrected chi connectivity index (χ0v) is 13.0.